The van der Waals surface area contributed by atoms with Gasteiger partial charge in [0.2, 0.25) is 5.88 Å². The van der Waals surface area contributed by atoms with Crippen molar-refractivity contribution in [2.75, 3.05) is 19.6 Å². The molecule has 2 rings (SSSR count). The van der Waals surface area contributed by atoms with Gasteiger partial charge < -0.3 is 15.0 Å². The van der Waals surface area contributed by atoms with Crippen LogP contribution < -0.4 is 10.1 Å². The van der Waals surface area contributed by atoms with Crippen molar-refractivity contribution in [2.45, 2.75) is 53.2 Å². The third-order valence-electron chi connectivity index (χ3n) is 3.98. The van der Waals surface area contributed by atoms with Crippen LogP contribution in [0.2, 0.25) is 0 Å². The molecule has 0 amide bonds. The number of rotatable bonds is 5. The zero-order valence-electron chi connectivity index (χ0n) is 15.3. The van der Waals surface area contributed by atoms with Crippen LogP contribution in [0.3, 0.4) is 0 Å². The Kier molecular flexibility index (Phi) is 9.39. The average Bonchev–Trinajstić information content (AvgIpc) is 2.53. The van der Waals surface area contributed by atoms with Crippen LogP contribution in [0.4, 0.5) is 0 Å². The number of halogens is 1. The molecule has 1 aromatic heterocycles. The molecule has 0 aliphatic carbocycles. The molecule has 0 saturated carbocycles. The van der Waals surface area contributed by atoms with Crippen LogP contribution >= 0.6 is 24.0 Å². The van der Waals surface area contributed by atoms with E-state index in [1.807, 2.05) is 32.2 Å². The summed E-state index contributed by atoms with van der Waals surface area (Å²) in [5, 5.41) is 3.41. The van der Waals surface area contributed by atoms with E-state index in [4.69, 9.17) is 9.73 Å². The summed E-state index contributed by atoms with van der Waals surface area (Å²) in [4.78, 5) is 11.5. The molecule has 0 bridgehead atoms. The van der Waals surface area contributed by atoms with Crippen molar-refractivity contribution in [3.8, 4) is 5.88 Å². The molecule has 1 saturated heterocycles. The van der Waals surface area contributed by atoms with E-state index in [1.165, 1.54) is 12.8 Å². The number of aromatic nitrogens is 1. The summed E-state index contributed by atoms with van der Waals surface area (Å²) < 4.78 is 5.57. The molecule has 1 aromatic rings. The van der Waals surface area contributed by atoms with Gasteiger partial charge in [-0.2, -0.15) is 0 Å². The number of pyridine rings is 1. The Morgan fingerprint density at radius 1 is 1.38 bits per heavy atom. The first-order valence-corrected chi connectivity index (χ1v) is 8.73. The van der Waals surface area contributed by atoms with Crippen LogP contribution in [0.5, 0.6) is 5.88 Å². The van der Waals surface area contributed by atoms with Gasteiger partial charge in [0.05, 0.1) is 12.6 Å². The van der Waals surface area contributed by atoms with Crippen LogP contribution in [0.15, 0.2) is 23.3 Å². The fourth-order valence-corrected chi connectivity index (χ4v) is 2.63. The molecular formula is C18H31IN4O. The van der Waals surface area contributed by atoms with Crippen molar-refractivity contribution in [3.05, 3.63) is 23.9 Å². The van der Waals surface area contributed by atoms with Crippen molar-refractivity contribution >= 4 is 29.9 Å². The van der Waals surface area contributed by atoms with E-state index < -0.39 is 0 Å². The van der Waals surface area contributed by atoms with Gasteiger partial charge in [-0.3, -0.25) is 0 Å². The van der Waals surface area contributed by atoms with Gasteiger partial charge in [0.25, 0.3) is 0 Å². The molecule has 0 spiro atoms. The van der Waals surface area contributed by atoms with Crippen LogP contribution in [0.25, 0.3) is 0 Å². The van der Waals surface area contributed by atoms with E-state index in [1.54, 1.807) is 0 Å². The van der Waals surface area contributed by atoms with Gasteiger partial charge in [-0.1, -0.05) is 13.0 Å². The van der Waals surface area contributed by atoms with Crippen LogP contribution in [-0.4, -0.2) is 41.6 Å². The second-order valence-electron chi connectivity index (χ2n) is 6.51. The minimum absolute atomic E-state index is 0. The van der Waals surface area contributed by atoms with Crippen molar-refractivity contribution in [1.82, 2.24) is 15.2 Å². The second-order valence-corrected chi connectivity index (χ2v) is 6.51. The summed E-state index contributed by atoms with van der Waals surface area (Å²) in [6.45, 7) is 12.2. The van der Waals surface area contributed by atoms with Crippen LogP contribution in [0, 0.1) is 5.92 Å². The average molecular weight is 446 g/mol. The van der Waals surface area contributed by atoms with Crippen LogP contribution in [0.1, 0.15) is 46.1 Å². The highest BCUT2D eigenvalue weighted by atomic mass is 127. The Morgan fingerprint density at radius 3 is 2.62 bits per heavy atom. The maximum atomic E-state index is 5.57. The molecule has 0 atom stereocenters. The van der Waals surface area contributed by atoms with Gasteiger partial charge in [-0.15, -0.1) is 24.0 Å². The third-order valence-corrected chi connectivity index (χ3v) is 3.98. The number of hydrogen-bond acceptors (Lipinski definition) is 3. The van der Waals surface area contributed by atoms with Gasteiger partial charge in [-0.05, 0) is 45.1 Å². The zero-order chi connectivity index (χ0) is 16.7. The lowest BCUT2D eigenvalue weighted by Crippen LogP contribution is -2.45. The molecule has 0 radical (unpaired) electrons. The molecule has 1 aliphatic rings. The fraction of sp³-hybridized carbons (Fsp3) is 0.667. The van der Waals surface area contributed by atoms with E-state index in [2.05, 4.69) is 29.0 Å². The molecule has 1 fully saturated rings. The van der Waals surface area contributed by atoms with Gasteiger partial charge in [-0.25, -0.2) is 9.98 Å². The number of guanidine groups is 1. The standard InChI is InChI=1S/C18H30N4O.HI/c1-5-19-18(22-10-8-15(4)9-11-22)21-13-16-6-7-17(20-12-16)23-14(2)3;/h6-7,12,14-15H,5,8-11,13H2,1-4H3,(H,19,21);1H. The predicted molar refractivity (Wildman–Crippen MR) is 110 cm³/mol. The first kappa shape index (κ1) is 21.0. The van der Waals surface area contributed by atoms with Crippen LogP contribution in [-0.2, 0) is 6.54 Å². The van der Waals surface area contributed by atoms with E-state index in [-0.39, 0.29) is 30.1 Å². The first-order chi connectivity index (χ1) is 11.1. The van der Waals surface area contributed by atoms with Gasteiger partial charge >= 0.3 is 0 Å². The molecule has 24 heavy (non-hydrogen) atoms. The molecule has 0 aromatic carbocycles. The second kappa shape index (κ2) is 10.7. The van der Waals surface area contributed by atoms with Gasteiger partial charge in [0, 0.05) is 31.9 Å². The topological polar surface area (TPSA) is 49.8 Å². The number of nitrogens with one attached hydrogen (secondary N) is 1. The zero-order valence-corrected chi connectivity index (χ0v) is 17.6. The number of nitrogens with zero attached hydrogens (tertiary/aromatic N) is 3. The maximum Gasteiger partial charge on any atom is 0.213 e. The Bertz CT molecular complexity index is 496. The smallest absolute Gasteiger partial charge is 0.213 e. The molecule has 5 nitrogen and oxygen atoms in total. The van der Waals surface area contributed by atoms with E-state index in [0.29, 0.717) is 12.4 Å². The predicted octanol–water partition coefficient (Wildman–Crippen LogP) is 3.68. The monoisotopic (exact) mass is 446 g/mol. The van der Waals surface area contributed by atoms with Crippen molar-refractivity contribution in [1.29, 1.82) is 0 Å². The Labute approximate surface area is 163 Å². The fourth-order valence-electron chi connectivity index (χ4n) is 2.63. The summed E-state index contributed by atoms with van der Waals surface area (Å²) >= 11 is 0. The third kappa shape index (κ3) is 6.83. The minimum atomic E-state index is 0. The van der Waals surface area contributed by atoms with Crippen molar-refractivity contribution in [3.63, 3.8) is 0 Å². The van der Waals surface area contributed by atoms with E-state index in [9.17, 15) is 0 Å². The number of ether oxygens (including phenoxy) is 1. The summed E-state index contributed by atoms with van der Waals surface area (Å²) in [5.41, 5.74) is 1.10. The highest BCUT2D eigenvalue weighted by Gasteiger charge is 2.18. The molecule has 2 heterocycles. The highest BCUT2D eigenvalue weighted by Crippen LogP contribution is 2.16. The van der Waals surface area contributed by atoms with Crippen molar-refractivity contribution < 1.29 is 4.74 Å². The lowest BCUT2D eigenvalue weighted by molar-refractivity contribution is 0.232. The van der Waals surface area contributed by atoms with Gasteiger partial charge in [0.1, 0.15) is 0 Å². The Morgan fingerprint density at radius 2 is 2.08 bits per heavy atom. The summed E-state index contributed by atoms with van der Waals surface area (Å²) in [5.74, 6) is 2.51. The minimum Gasteiger partial charge on any atom is -0.475 e. The van der Waals surface area contributed by atoms with E-state index in [0.717, 1.165) is 37.1 Å². The largest absolute Gasteiger partial charge is 0.475 e. The maximum absolute atomic E-state index is 5.57. The van der Waals surface area contributed by atoms with Crippen molar-refractivity contribution in [2.24, 2.45) is 10.9 Å². The summed E-state index contributed by atoms with van der Waals surface area (Å²) in [7, 11) is 0. The molecular weight excluding hydrogens is 415 g/mol. The SMILES string of the molecule is CCNC(=NCc1ccc(OC(C)C)nc1)N1CCC(C)CC1.I. The quantitative estimate of drug-likeness (QED) is 0.426. The summed E-state index contributed by atoms with van der Waals surface area (Å²) in [6.07, 6.45) is 4.48. The number of likely N-dealkylation sites (tertiary alicyclic amines) is 1. The Hall–Kier alpha value is -1.05. The number of piperidine rings is 1. The lowest BCUT2D eigenvalue weighted by atomic mass is 10.00. The molecule has 0 unspecified atom stereocenters. The molecule has 1 aliphatic heterocycles. The summed E-state index contributed by atoms with van der Waals surface area (Å²) in [6, 6.07) is 3.95. The first-order valence-electron chi connectivity index (χ1n) is 8.73. The number of hydrogen-bond donors (Lipinski definition) is 1. The number of aliphatic imine (C=N–C) groups is 1. The lowest BCUT2D eigenvalue weighted by Gasteiger charge is -2.33. The normalized spacial score (nSPS) is 16.0. The van der Waals surface area contributed by atoms with Gasteiger partial charge in [0.15, 0.2) is 5.96 Å². The highest BCUT2D eigenvalue weighted by molar-refractivity contribution is 14.0. The van der Waals surface area contributed by atoms with E-state index >= 15 is 0 Å². The molecule has 136 valence electrons. The molecule has 1 N–H and O–H groups in total. The molecule has 6 heteroatoms. The Balaban J connectivity index is 0.00000288.